The van der Waals surface area contributed by atoms with Crippen LogP contribution in [0.15, 0.2) is 46.9 Å². The maximum absolute atomic E-state index is 13.5. The second kappa shape index (κ2) is 7.84. The zero-order valence-corrected chi connectivity index (χ0v) is 15.9. The number of hydrogen-bond acceptors (Lipinski definition) is 5. The number of alkyl halides is 6. The lowest BCUT2D eigenvalue weighted by atomic mass is 9.83. The van der Waals surface area contributed by atoms with Gasteiger partial charge in [-0.1, -0.05) is 6.58 Å². The van der Waals surface area contributed by atoms with E-state index < -0.39 is 30.4 Å². The molecule has 0 radical (unpaired) electrons. The minimum atomic E-state index is -4.53. The van der Waals surface area contributed by atoms with Gasteiger partial charge >= 0.3 is 12.4 Å². The molecule has 0 bridgehead atoms. The molecule has 1 aromatic rings. The van der Waals surface area contributed by atoms with Crippen LogP contribution in [0.2, 0.25) is 0 Å². The van der Waals surface area contributed by atoms with E-state index in [9.17, 15) is 26.3 Å². The first-order chi connectivity index (χ1) is 13.9. The van der Waals surface area contributed by atoms with Gasteiger partial charge in [-0.25, -0.2) is 9.98 Å². The molecular formula is C19H21F6N5. The van der Waals surface area contributed by atoms with Crippen LogP contribution >= 0.6 is 0 Å². The number of anilines is 1. The summed E-state index contributed by atoms with van der Waals surface area (Å²) in [6, 6.07) is 2.23. The third-order valence-corrected chi connectivity index (χ3v) is 5.39. The van der Waals surface area contributed by atoms with E-state index in [1.54, 1.807) is 0 Å². The molecule has 2 aliphatic rings. The molecule has 0 amide bonds. The molecule has 3 heterocycles. The van der Waals surface area contributed by atoms with Crippen LogP contribution in [0.25, 0.3) is 0 Å². The average Bonchev–Trinajstić information content (AvgIpc) is 2.66. The Morgan fingerprint density at radius 1 is 1.10 bits per heavy atom. The van der Waals surface area contributed by atoms with Gasteiger partial charge in [0.15, 0.2) is 0 Å². The van der Waals surface area contributed by atoms with Gasteiger partial charge in [0.2, 0.25) is 0 Å². The number of amidine groups is 1. The van der Waals surface area contributed by atoms with Gasteiger partial charge in [-0.2, -0.15) is 26.3 Å². The van der Waals surface area contributed by atoms with Crippen LogP contribution < -0.4 is 16.4 Å². The predicted octanol–water partition coefficient (Wildman–Crippen LogP) is 3.98. The number of nitrogens with zero attached hydrogens (tertiary/aromatic N) is 3. The van der Waals surface area contributed by atoms with Gasteiger partial charge in [-0.05, 0) is 25.0 Å². The SMILES string of the molecule is C=C1CC(C(F)(F)F)C(=C(N)C2CCN(c3ccc(C(F)(F)F)nc3)CC2)C(N)=N1. The lowest BCUT2D eigenvalue weighted by molar-refractivity contribution is -0.163. The molecule has 1 fully saturated rings. The van der Waals surface area contributed by atoms with Crippen molar-refractivity contribution in [3.05, 3.63) is 47.6 Å². The van der Waals surface area contributed by atoms with E-state index in [1.165, 1.54) is 6.07 Å². The molecule has 0 aromatic carbocycles. The van der Waals surface area contributed by atoms with Crippen molar-refractivity contribution in [2.45, 2.75) is 31.6 Å². The summed E-state index contributed by atoms with van der Waals surface area (Å²) >= 11 is 0. The van der Waals surface area contributed by atoms with Gasteiger partial charge < -0.3 is 16.4 Å². The molecule has 4 N–H and O–H groups in total. The molecule has 5 nitrogen and oxygen atoms in total. The predicted molar refractivity (Wildman–Crippen MR) is 100 cm³/mol. The zero-order chi connectivity index (χ0) is 22.3. The lowest BCUT2D eigenvalue weighted by Crippen LogP contribution is -2.40. The van der Waals surface area contributed by atoms with Gasteiger partial charge in [-0.15, -0.1) is 0 Å². The summed E-state index contributed by atoms with van der Waals surface area (Å²) in [5, 5.41) is 0. The van der Waals surface area contributed by atoms with Crippen molar-refractivity contribution >= 4 is 11.5 Å². The molecule has 3 rings (SSSR count). The monoisotopic (exact) mass is 433 g/mol. The molecule has 30 heavy (non-hydrogen) atoms. The first-order valence-electron chi connectivity index (χ1n) is 9.24. The van der Waals surface area contributed by atoms with Crippen molar-refractivity contribution in [2.75, 3.05) is 18.0 Å². The molecule has 0 aliphatic carbocycles. The Balaban J connectivity index is 1.76. The minimum absolute atomic E-state index is 0.0518. The number of hydrogen-bond donors (Lipinski definition) is 2. The maximum Gasteiger partial charge on any atom is 0.433 e. The van der Waals surface area contributed by atoms with Crippen LogP contribution in [0.3, 0.4) is 0 Å². The number of aliphatic imine (C=N–C) groups is 1. The molecule has 11 heteroatoms. The number of rotatable bonds is 2. The van der Waals surface area contributed by atoms with Crippen molar-refractivity contribution in [3.8, 4) is 0 Å². The standard InChI is InChI=1S/C19H21F6N5/c1-10-8-13(18(20,21)22)15(17(27)29-10)16(26)11-4-6-30(7-5-11)12-2-3-14(28-9-12)19(23,24)25/h2-3,9,11,13H,1,4-8,26H2,(H2,27,29). The van der Waals surface area contributed by atoms with Crippen molar-refractivity contribution in [1.82, 2.24) is 4.98 Å². The molecule has 1 aromatic heterocycles. The van der Waals surface area contributed by atoms with Crippen molar-refractivity contribution < 1.29 is 26.3 Å². The largest absolute Gasteiger partial charge is 0.433 e. The molecule has 2 aliphatic heterocycles. The summed E-state index contributed by atoms with van der Waals surface area (Å²) < 4.78 is 78.5. The Kier molecular flexibility index (Phi) is 5.74. The van der Waals surface area contributed by atoms with Gasteiger partial charge in [0.25, 0.3) is 0 Å². The fourth-order valence-corrected chi connectivity index (χ4v) is 3.83. The van der Waals surface area contributed by atoms with Crippen LogP contribution in [-0.2, 0) is 6.18 Å². The summed E-state index contributed by atoms with van der Waals surface area (Å²) in [6.07, 6.45) is -7.45. The van der Waals surface area contributed by atoms with Gasteiger partial charge in [0, 0.05) is 42.4 Å². The Bertz CT molecular complexity index is 861. The first-order valence-corrected chi connectivity index (χ1v) is 9.24. The summed E-state index contributed by atoms with van der Waals surface area (Å²) in [7, 11) is 0. The van der Waals surface area contributed by atoms with Crippen molar-refractivity contribution in [1.29, 1.82) is 0 Å². The Morgan fingerprint density at radius 2 is 1.73 bits per heavy atom. The number of pyridine rings is 1. The van der Waals surface area contributed by atoms with Gasteiger partial charge in [0.1, 0.15) is 11.5 Å². The summed E-state index contributed by atoms with van der Waals surface area (Å²) in [5.74, 6) is -2.45. The fraction of sp³-hybridized carbons (Fsp3) is 0.474. The highest BCUT2D eigenvalue weighted by Crippen LogP contribution is 2.42. The van der Waals surface area contributed by atoms with Crippen molar-refractivity contribution in [3.63, 3.8) is 0 Å². The zero-order valence-electron chi connectivity index (χ0n) is 15.9. The van der Waals surface area contributed by atoms with Crippen molar-refractivity contribution in [2.24, 2.45) is 28.3 Å². The third-order valence-electron chi connectivity index (χ3n) is 5.39. The van der Waals surface area contributed by atoms with Crippen LogP contribution in [0.1, 0.15) is 25.0 Å². The van der Waals surface area contributed by atoms with E-state index in [-0.39, 0.29) is 28.7 Å². The fourth-order valence-electron chi connectivity index (χ4n) is 3.83. The average molecular weight is 433 g/mol. The number of aromatic nitrogens is 1. The highest BCUT2D eigenvalue weighted by molar-refractivity contribution is 5.99. The first kappa shape index (κ1) is 22.0. The van der Waals surface area contributed by atoms with E-state index in [2.05, 4.69) is 16.6 Å². The topological polar surface area (TPSA) is 80.5 Å². The van der Waals surface area contributed by atoms with E-state index >= 15 is 0 Å². The Hall–Kier alpha value is -2.72. The van der Waals surface area contributed by atoms with E-state index in [1.807, 2.05) is 4.90 Å². The van der Waals surface area contributed by atoms with Crippen LogP contribution in [0.4, 0.5) is 32.0 Å². The molecule has 1 atom stereocenters. The quantitative estimate of drug-likeness (QED) is 0.692. The van der Waals surface area contributed by atoms with Gasteiger partial charge in [-0.3, -0.25) is 0 Å². The lowest BCUT2D eigenvalue weighted by Gasteiger charge is -2.36. The molecule has 1 unspecified atom stereocenters. The molecule has 0 saturated carbocycles. The summed E-state index contributed by atoms with van der Waals surface area (Å²) in [5.41, 5.74) is 11.4. The minimum Gasteiger partial charge on any atom is -0.401 e. The second-order valence-corrected chi connectivity index (χ2v) is 7.39. The van der Waals surface area contributed by atoms with Crippen LogP contribution in [-0.4, -0.2) is 30.1 Å². The molecule has 0 spiro atoms. The Labute approximate surface area is 169 Å². The van der Waals surface area contributed by atoms with Crippen LogP contribution in [0.5, 0.6) is 0 Å². The normalized spacial score (nSPS) is 23.4. The molecule has 1 saturated heterocycles. The second-order valence-electron chi connectivity index (χ2n) is 7.39. The number of piperidine rings is 1. The number of allylic oxidation sites excluding steroid dienone is 2. The smallest absolute Gasteiger partial charge is 0.401 e. The van der Waals surface area contributed by atoms with Gasteiger partial charge in [0.05, 0.1) is 17.8 Å². The summed E-state index contributed by atoms with van der Waals surface area (Å²) in [4.78, 5) is 9.15. The third kappa shape index (κ3) is 4.54. The molecule has 164 valence electrons. The molecular weight excluding hydrogens is 412 g/mol. The van der Waals surface area contributed by atoms with E-state index in [4.69, 9.17) is 11.5 Å². The van der Waals surface area contributed by atoms with E-state index in [0.29, 0.717) is 31.6 Å². The highest BCUT2D eigenvalue weighted by atomic mass is 19.4. The maximum atomic E-state index is 13.5. The highest BCUT2D eigenvalue weighted by Gasteiger charge is 2.46. The van der Waals surface area contributed by atoms with Crippen LogP contribution in [0, 0.1) is 11.8 Å². The number of nitrogens with two attached hydrogens (primary N) is 2. The summed E-state index contributed by atoms with van der Waals surface area (Å²) in [6.45, 7) is 4.30. The Morgan fingerprint density at radius 3 is 2.23 bits per heavy atom. The van der Waals surface area contributed by atoms with E-state index in [0.717, 1.165) is 12.3 Å². The number of halogens is 6.